The number of hydrogen-bond donors (Lipinski definition) is 0. The molecular formula is C12H13BrClN3. The van der Waals surface area contributed by atoms with E-state index < -0.39 is 0 Å². The minimum atomic E-state index is 0.656. The number of aryl methyl sites for hydroxylation is 2. The van der Waals surface area contributed by atoms with Crippen LogP contribution in [0.15, 0.2) is 28.9 Å². The van der Waals surface area contributed by atoms with Crippen LogP contribution in [-0.2, 0) is 6.42 Å². The first-order valence-corrected chi connectivity index (χ1v) is 6.76. The molecule has 1 aromatic carbocycles. The predicted molar refractivity (Wildman–Crippen MR) is 72.8 cm³/mol. The van der Waals surface area contributed by atoms with E-state index in [1.165, 1.54) is 5.56 Å². The van der Waals surface area contributed by atoms with Gasteiger partial charge in [0.05, 0.1) is 17.6 Å². The van der Waals surface area contributed by atoms with Crippen molar-refractivity contribution in [3.8, 4) is 5.69 Å². The molecule has 0 saturated heterocycles. The Bertz CT molecular complexity index is 490. The van der Waals surface area contributed by atoms with Crippen LogP contribution in [0.4, 0.5) is 0 Å². The minimum absolute atomic E-state index is 0.656. The van der Waals surface area contributed by atoms with Crippen molar-refractivity contribution < 1.29 is 0 Å². The molecule has 0 fully saturated rings. The Morgan fingerprint density at radius 3 is 2.88 bits per heavy atom. The summed E-state index contributed by atoms with van der Waals surface area (Å²) in [5.41, 5.74) is 3.18. The predicted octanol–water partition coefficient (Wildman–Crippen LogP) is 3.51. The van der Waals surface area contributed by atoms with Crippen LogP contribution >= 0.6 is 27.5 Å². The molecule has 0 aliphatic heterocycles. The molecule has 5 heteroatoms. The maximum atomic E-state index is 5.66. The van der Waals surface area contributed by atoms with Gasteiger partial charge in [-0.25, -0.2) is 4.68 Å². The van der Waals surface area contributed by atoms with Crippen LogP contribution in [0.5, 0.6) is 0 Å². The lowest BCUT2D eigenvalue weighted by atomic mass is 10.2. The highest BCUT2D eigenvalue weighted by atomic mass is 79.9. The van der Waals surface area contributed by atoms with Gasteiger partial charge in [-0.15, -0.1) is 16.7 Å². The molecule has 0 N–H and O–H groups in total. The summed E-state index contributed by atoms with van der Waals surface area (Å²) in [7, 11) is 0. The van der Waals surface area contributed by atoms with Crippen LogP contribution < -0.4 is 0 Å². The average Bonchev–Trinajstić information content (AvgIpc) is 2.73. The maximum absolute atomic E-state index is 5.66. The van der Waals surface area contributed by atoms with Gasteiger partial charge in [-0.2, -0.15) is 0 Å². The second kappa shape index (κ2) is 5.65. The highest BCUT2D eigenvalue weighted by Gasteiger charge is 2.04. The van der Waals surface area contributed by atoms with E-state index in [9.17, 15) is 0 Å². The van der Waals surface area contributed by atoms with Gasteiger partial charge < -0.3 is 0 Å². The van der Waals surface area contributed by atoms with E-state index in [1.54, 1.807) is 4.68 Å². The molecule has 0 spiro atoms. The van der Waals surface area contributed by atoms with Crippen molar-refractivity contribution in [3.63, 3.8) is 0 Å². The average molecular weight is 315 g/mol. The molecule has 0 bridgehead atoms. The second-order valence-corrected chi connectivity index (χ2v) is 5.23. The van der Waals surface area contributed by atoms with Crippen molar-refractivity contribution in [1.29, 1.82) is 0 Å². The van der Waals surface area contributed by atoms with Crippen molar-refractivity contribution in [2.45, 2.75) is 19.8 Å². The third-order valence-corrected chi connectivity index (χ3v) is 3.12. The zero-order chi connectivity index (χ0) is 12.3. The summed E-state index contributed by atoms with van der Waals surface area (Å²) < 4.78 is 2.84. The number of alkyl halides is 1. The largest absolute Gasteiger partial charge is 0.220 e. The third-order valence-electron chi connectivity index (χ3n) is 2.40. The van der Waals surface area contributed by atoms with Crippen LogP contribution in [0.2, 0.25) is 0 Å². The van der Waals surface area contributed by atoms with Gasteiger partial charge in [-0.05, 0) is 43.5 Å². The van der Waals surface area contributed by atoms with Gasteiger partial charge in [0, 0.05) is 10.4 Å². The van der Waals surface area contributed by atoms with Gasteiger partial charge in [0.1, 0.15) is 0 Å². The van der Waals surface area contributed by atoms with Crippen LogP contribution in [0.1, 0.15) is 17.7 Å². The normalized spacial score (nSPS) is 10.8. The van der Waals surface area contributed by atoms with Gasteiger partial charge in [-0.3, -0.25) is 0 Å². The van der Waals surface area contributed by atoms with Crippen molar-refractivity contribution in [2.24, 2.45) is 0 Å². The summed E-state index contributed by atoms with van der Waals surface area (Å²) in [6.45, 7) is 2.06. The Hall–Kier alpha value is -0.870. The lowest BCUT2D eigenvalue weighted by Gasteiger charge is -2.02. The molecule has 0 unspecified atom stereocenters. The molecule has 1 aromatic heterocycles. The second-order valence-electron chi connectivity index (χ2n) is 3.93. The van der Waals surface area contributed by atoms with E-state index in [-0.39, 0.29) is 0 Å². The highest BCUT2D eigenvalue weighted by Crippen LogP contribution is 2.18. The lowest BCUT2D eigenvalue weighted by molar-refractivity contribution is 0.791. The molecule has 2 aromatic rings. The van der Waals surface area contributed by atoms with Crippen LogP contribution in [-0.4, -0.2) is 20.9 Å². The molecule has 0 aliphatic rings. The van der Waals surface area contributed by atoms with Gasteiger partial charge in [0.25, 0.3) is 0 Å². The van der Waals surface area contributed by atoms with E-state index in [0.717, 1.165) is 28.7 Å². The fourth-order valence-corrected chi connectivity index (χ4v) is 2.37. The number of aromatic nitrogens is 3. The molecule has 0 radical (unpaired) electrons. The van der Waals surface area contributed by atoms with E-state index >= 15 is 0 Å². The quantitative estimate of drug-likeness (QED) is 0.809. The van der Waals surface area contributed by atoms with Gasteiger partial charge in [0.2, 0.25) is 0 Å². The van der Waals surface area contributed by atoms with Crippen molar-refractivity contribution in [2.75, 3.05) is 5.88 Å². The zero-order valence-corrected chi connectivity index (χ0v) is 11.9. The number of halogens is 2. The number of benzene rings is 1. The molecule has 17 heavy (non-hydrogen) atoms. The molecule has 2 rings (SSSR count). The SMILES string of the molecule is Cc1cc(Br)cc(-n2cc(CCCCl)nn2)c1. The van der Waals surface area contributed by atoms with E-state index in [1.807, 2.05) is 12.3 Å². The Kier molecular flexibility index (Phi) is 4.18. The molecule has 0 amide bonds. The monoisotopic (exact) mass is 313 g/mol. The standard InChI is InChI=1S/C12H13BrClN3/c1-9-5-10(13)7-12(6-9)17-8-11(15-16-17)3-2-4-14/h5-8H,2-4H2,1H3. The van der Waals surface area contributed by atoms with Gasteiger partial charge in [0.15, 0.2) is 0 Å². The summed E-state index contributed by atoms with van der Waals surface area (Å²) in [4.78, 5) is 0. The van der Waals surface area contributed by atoms with Crippen LogP contribution in [0.25, 0.3) is 5.69 Å². The highest BCUT2D eigenvalue weighted by molar-refractivity contribution is 9.10. The topological polar surface area (TPSA) is 30.7 Å². The minimum Gasteiger partial charge on any atom is -0.220 e. The first kappa shape index (κ1) is 12.6. The number of nitrogens with zero attached hydrogens (tertiary/aromatic N) is 3. The van der Waals surface area contributed by atoms with E-state index in [0.29, 0.717) is 5.88 Å². The Balaban J connectivity index is 2.24. The Morgan fingerprint density at radius 1 is 1.35 bits per heavy atom. The number of rotatable bonds is 4. The van der Waals surface area contributed by atoms with Crippen molar-refractivity contribution >= 4 is 27.5 Å². The zero-order valence-electron chi connectivity index (χ0n) is 9.53. The first-order chi connectivity index (χ1) is 8.19. The summed E-state index contributed by atoms with van der Waals surface area (Å²) in [5, 5.41) is 8.25. The van der Waals surface area contributed by atoms with Gasteiger partial charge >= 0.3 is 0 Å². The molecule has 90 valence electrons. The van der Waals surface area contributed by atoms with Crippen LogP contribution in [0.3, 0.4) is 0 Å². The molecule has 1 heterocycles. The molecule has 0 atom stereocenters. The van der Waals surface area contributed by atoms with E-state index in [4.69, 9.17) is 11.6 Å². The summed E-state index contributed by atoms with van der Waals surface area (Å²) in [6, 6.07) is 6.16. The summed E-state index contributed by atoms with van der Waals surface area (Å²) in [6.07, 6.45) is 3.75. The molecule has 3 nitrogen and oxygen atoms in total. The van der Waals surface area contributed by atoms with Crippen molar-refractivity contribution in [3.05, 3.63) is 40.1 Å². The molecular weight excluding hydrogens is 302 g/mol. The maximum Gasteiger partial charge on any atom is 0.0832 e. The number of hydrogen-bond acceptors (Lipinski definition) is 2. The summed E-state index contributed by atoms with van der Waals surface area (Å²) >= 11 is 9.14. The third kappa shape index (κ3) is 3.30. The first-order valence-electron chi connectivity index (χ1n) is 5.44. The Labute approximate surface area is 114 Å². The van der Waals surface area contributed by atoms with Crippen LogP contribution in [0, 0.1) is 6.92 Å². The fourth-order valence-electron chi connectivity index (χ4n) is 1.64. The lowest BCUT2D eigenvalue weighted by Crippen LogP contribution is -1.95. The summed E-state index contributed by atoms with van der Waals surface area (Å²) in [5.74, 6) is 0.656. The van der Waals surface area contributed by atoms with E-state index in [2.05, 4.69) is 45.3 Å². The smallest absolute Gasteiger partial charge is 0.0832 e. The fraction of sp³-hybridized carbons (Fsp3) is 0.333. The van der Waals surface area contributed by atoms with Crippen molar-refractivity contribution in [1.82, 2.24) is 15.0 Å². The Morgan fingerprint density at radius 2 is 2.18 bits per heavy atom. The molecule has 0 saturated carbocycles. The molecule has 0 aliphatic carbocycles. The van der Waals surface area contributed by atoms with Gasteiger partial charge in [-0.1, -0.05) is 21.1 Å².